The van der Waals surface area contributed by atoms with E-state index in [0.29, 0.717) is 12.0 Å². The first-order chi connectivity index (χ1) is 16.1. The maximum Gasteiger partial charge on any atom is 0.421 e. The van der Waals surface area contributed by atoms with Gasteiger partial charge in [0.05, 0.1) is 5.52 Å². The Morgan fingerprint density at radius 2 is 1.24 bits per heavy atom. The van der Waals surface area contributed by atoms with Gasteiger partial charge in [-0.05, 0) is 41.7 Å². The molecule has 0 aliphatic heterocycles. The van der Waals surface area contributed by atoms with Crippen molar-refractivity contribution in [3.8, 4) is 0 Å². The van der Waals surface area contributed by atoms with Crippen molar-refractivity contribution in [3.63, 3.8) is 0 Å². The lowest BCUT2D eigenvalue weighted by Crippen LogP contribution is -2.42. The van der Waals surface area contributed by atoms with Gasteiger partial charge >= 0.3 is 5.76 Å². The van der Waals surface area contributed by atoms with Gasteiger partial charge in [-0.15, -0.1) is 0 Å². The fourth-order valence-electron chi connectivity index (χ4n) is 4.85. The SMILES string of the molecule is CC(N)Cc1cccc2c1oc(=O)n2C(c1ccccc1)(c1ccccc1)c1ccccc1. The lowest BCUT2D eigenvalue weighted by atomic mass is 9.76. The number of oxazole rings is 1. The van der Waals surface area contributed by atoms with Gasteiger partial charge in [-0.1, -0.05) is 103 Å². The first kappa shape index (κ1) is 21.0. The van der Waals surface area contributed by atoms with Gasteiger partial charge in [-0.3, -0.25) is 4.57 Å². The third kappa shape index (κ3) is 3.49. The Morgan fingerprint density at radius 3 is 1.70 bits per heavy atom. The molecule has 1 heterocycles. The lowest BCUT2D eigenvalue weighted by molar-refractivity contribution is 0.440. The van der Waals surface area contributed by atoms with Crippen LogP contribution in [-0.2, 0) is 12.0 Å². The van der Waals surface area contributed by atoms with Crippen LogP contribution in [0.3, 0.4) is 0 Å². The van der Waals surface area contributed by atoms with Gasteiger partial charge in [-0.25, -0.2) is 4.79 Å². The van der Waals surface area contributed by atoms with Crippen molar-refractivity contribution < 1.29 is 4.42 Å². The van der Waals surface area contributed by atoms with Gasteiger partial charge in [0, 0.05) is 6.04 Å². The highest BCUT2D eigenvalue weighted by atomic mass is 16.4. The number of hydrogen-bond acceptors (Lipinski definition) is 3. The normalized spacial score (nSPS) is 12.7. The first-order valence-corrected chi connectivity index (χ1v) is 11.2. The van der Waals surface area contributed by atoms with Crippen molar-refractivity contribution in [2.24, 2.45) is 5.73 Å². The fraction of sp³-hybridized carbons (Fsp3) is 0.138. The van der Waals surface area contributed by atoms with E-state index in [2.05, 4.69) is 36.4 Å². The van der Waals surface area contributed by atoms with Crippen molar-refractivity contribution in [2.75, 3.05) is 0 Å². The molecule has 0 amide bonds. The number of hydrogen-bond donors (Lipinski definition) is 1. The second kappa shape index (κ2) is 8.57. The molecule has 33 heavy (non-hydrogen) atoms. The summed E-state index contributed by atoms with van der Waals surface area (Å²) >= 11 is 0. The molecule has 0 aliphatic rings. The summed E-state index contributed by atoms with van der Waals surface area (Å²) in [6, 6.07) is 36.2. The minimum Gasteiger partial charge on any atom is -0.407 e. The maximum absolute atomic E-state index is 13.7. The Morgan fingerprint density at radius 1 is 0.758 bits per heavy atom. The molecule has 164 valence electrons. The van der Waals surface area contributed by atoms with Crippen LogP contribution in [0.4, 0.5) is 0 Å². The number of para-hydroxylation sites is 1. The molecular weight excluding hydrogens is 408 g/mol. The molecular formula is C29H26N2O2. The summed E-state index contributed by atoms with van der Waals surface area (Å²) in [5.74, 6) is -0.404. The fourth-order valence-corrected chi connectivity index (χ4v) is 4.85. The molecule has 5 rings (SSSR count). The Bertz CT molecular complexity index is 1320. The molecule has 0 fully saturated rings. The zero-order valence-electron chi connectivity index (χ0n) is 18.5. The van der Waals surface area contributed by atoms with Crippen LogP contribution in [0.15, 0.2) is 118 Å². The van der Waals surface area contributed by atoms with E-state index in [4.69, 9.17) is 10.2 Å². The lowest BCUT2D eigenvalue weighted by Gasteiger charge is -2.36. The molecule has 1 aromatic heterocycles. The summed E-state index contributed by atoms with van der Waals surface area (Å²) in [5, 5.41) is 0. The molecule has 5 aromatic rings. The van der Waals surface area contributed by atoms with Crippen molar-refractivity contribution in [1.29, 1.82) is 0 Å². The van der Waals surface area contributed by atoms with E-state index in [1.807, 2.05) is 79.7 Å². The van der Waals surface area contributed by atoms with Gasteiger partial charge < -0.3 is 10.2 Å². The number of fused-ring (bicyclic) bond motifs is 1. The zero-order valence-corrected chi connectivity index (χ0v) is 18.5. The summed E-state index contributed by atoms with van der Waals surface area (Å²) in [6.45, 7) is 1.95. The number of nitrogens with two attached hydrogens (primary N) is 1. The highest BCUT2D eigenvalue weighted by molar-refractivity contribution is 5.78. The van der Waals surface area contributed by atoms with E-state index in [-0.39, 0.29) is 6.04 Å². The maximum atomic E-state index is 13.7. The van der Waals surface area contributed by atoms with Crippen LogP contribution in [0.5, 0.6) is 0 Å². The number of rotatable bonds is 6. The molecule has 2 N–H and O–H groups in total. The monoisotopic (exact) mass is 434 g/mol. The van der Waals surface area contributed by atoms with E-state index in [1.54, 1.807) is 4.57 Å². The summed E-state index contributed by atoms with van der Waals surface area (Å²) in [6.07, 6.45) is 0.624. The highest BCUT2D eigenvalue weighted by Crippen LogP contribution is 2.42. The summed E-state index contributed by atoms with van der Waals surface area (Å²) in [4.78, 5) is 13.7. The Labute approximate surface area is 192 Å². The number of benzene rings is 4. The Kier molecular flexibility index (Phi) is 5.45. The molecule has 1 atom stereocenters. The second-order valence-electron chi connectivity index (χ2n) is 8.46. The highest BCUT2D eigenvalue weighted by Gasteiger charge is 2.41. The molecule has 1 unspecified atom stereocenters. The van der Waals surface area contributed by atoms with Crippen LogP contribution in [0, 0.1) is 0 Å². The van der Waals surface area contributed by atoms with E-state index in [9.17, 15) is 4.79 Å². The Balaban J connectivity index is 1.96. The first-order valence-electron chi connectivity index (χ1n) is 11.2. The summed E-state index contributed by atoms with van der Waals surface area (Å²) < 4.78 is 7.75. The van der Waals surface area contributed by atoms with E-state index < -0.39 is 11.3 Å². The number of nitrogens with zero attached hydrogens (tertiary/aromatic N) is 1. The largest absolute Gasteiger partial charge is 0.421 e. The predicted octanol–water partition coefficient (Wildman–Crippen LogP) is 5.32. The topological polar surface area (TPSA) is 61.2 Å². The molecule has 4 nitrogen and oxygen atoms in total. The van der Waals surface area contributed by atoms with Crippen molar-refractivity contribution in [1.82, 2.24) is 4.57 Å². The van der Waals surface area contributed by atoms with Gasteiger partial charge in [0.15, 0.2) is 5.58 Å². The van der Waals surface area contributed by atoms with Gasteiger partial charge in [0.1, 0.15) is 5.54 Å². The van der Waals surface area contributed by atoms with E-state index in [1.165, 1.54) is 0 Å². The van der Waals surface area contributed by atoms with Crippen LogP contribution in [0.1, 0.15) is 29.2 Å². The van der Waals surface area contributed by atoms with Crippen molar-refractivity contribution >= 4 is 11.1 Å². The van der Waals surface area contributed by atoms with Gasteiger partial charge in [0.25, 0.3) is 0 Å². The molecule has 0 bridgehead atoms. The van der Waals surface area contributed by atoms with Crippen molar-refractivity contribution in [2.45, 2.75) is 24.9 Å². The van der Waals surface area contributed by atoms with Crippen LogP contribution in [-0.4, -0.2) is 10.6 Å². The standard InChI is InChI=1S/C29H26N2O2/c1-21(30)20-22-12-11-19-26-27(22)33-28(32)31(26)29(23-13-5-2-6-14-23,24-15-7-3-8-16-24)25-17-9-4-10-18-25/h2-19,21H,20,30H2,1H3. The van der Waals surface area contributed by atoms with Gasteiger partial charge in [0.2, 0.25) is 0 Å². The molecule has 0 saturated heterocycles. The van der Waals surface area contributed by atoms with Crippen LogP contribution >= 0.6 is 0 Å². The summed E-state index contributed by atoms with van der Waals surface area (Å²) in [5.41, 5.74) is 10.4. The quantitative estimate of drug-likeness (QED) is 0.368. The van der Waals surface area contributed by atoms with Crippen LogP contribution in [0.2, 0.25) is 0 Å². The molecule has 0 saturated carbocycles. The molecule has 0 radical (unpaired) electrons. The average molecular weight is 435 g/mol. The van der Waals surface area contributed by atoms with Crippen LogP contribution < -0.4 is 11.5 Å². The second-order valence-corrected chi connectivity index (χ2v) is 8.46. The predicted molar refractivity (Wildman–Crippen MR) is 132 cm³/mol. The molecule has 0 spiro atoms. The van der Waals surface area contributed by atoms with E-state index in [0.717, 1.165) is 27.8 Å². The Hall–Kier alpha value is -3.89. The third-order valence-corrected chi connectivity index (χ3v) is 6.14. The number of aromatic nitrogens is 1. The zero-order chi connectivity index (χ0) is 22.8. The summed E-state index contributed by atoms with van der Waals surface area (Å²) in [7, 11) is 0. The molecule has 0 aliphatic carbocycles. The van der Waals surface area contributed by atoms with E-state index >= 15 is 0 Å². The van der Waals surface area contributed by atoms with Crippen LogP contribution in [0.25, 0.3) is 11.1 Å². The average Bonchev–Trinajstić information content (AvgIpc) is 3.19. The minimum absolute atomic E-state index is 0.0496. The van der Waals surface area contributed by atoms with Crippen molar-refractivity contribution in [3.05, 3.63) is 142 Å². The smallest absolute Gasteiger partial charge is 0.407 e. The molecule has 4 aromatic carbocycles. The van der Waals surface area contributed by atoms with Gasteiger partial charge in [-0.2, -0.15) is 0 Å². The minimum atomic E-state index is -0.918. The third-order valence-electron chi connectivity index (χ3n) is 6.14. The molecule has 4 heteroatoms.